The second kappa shape index (κ2) is 13.0. The van der Waals surface area contributed by atoms with Crippen LogP contribution in [0.25, 0.3) is 0 Å². The van der Waals surface area contributed by atoms with Crippen LogP contribution in [0.1, 0.15) is 86.5 Å². The molecule has 2 saturated carbocycles. The zero-order valence-corrected chi connectivity index (χ0v) is 22.9. The Bertz CT molecular complexity index is 436. The first-order valence-electron chi connectivity index (χ1n) is 13.1. The Morgan fingerprint density at radius 2 is 1.27 bits per heavy atom. The second-order valence-electron chi connectivity index (χ2n) is 11.4. The minimum atomic E-state index is -0.324. The highest BCUT2D eigenvalue weighted by atomic mass is 28.2. The van der Waals surface area contributed by atoms with Gasteiger partial charge in [0.1, 0.15) is 5.91 Å². The summed E-state index contributed by atoms with van der Waals surface area (Å²) in [5, 5.41) is 0. The van der Waals surface area contributed by atoms with Gasteiger partial charge in [0, 0.05) is 26.3 Å². The fraction of sp³-hybridized carbons (Fsp3) is 1.00. The van der Waals surface area contributed by atoms with E-state index in [1.807, 2.05) is 0 Å². The lowest BCUT2D eigenvalue weighted by atomic mass is 9.69. The van der Waals surface area contributed by atoms with Crippen molar-refractivity contribution in [3.05, 3.63) is 0 Å². The predicted octanol–water partition coefficient (Wildman–Crippen LogP) is 5.76. The van der Waals surface area contributed by atoms with E-state index in [1.165, 1.54) is 57.5 Å². The fourth-order valence-corrected chi connectivity index (χ4v) is 7.90. The zero-order chi connectivity index (χ0) is 22.3. The van der Waals surface area contributed by atoms with Crippen molar-refractivity contribution in [2.75, 3.05) is 20.8 Å². The van der Waals surface area contributed by atoms with Crippen molar-refractivity contribution in [3.63, 3.8) is 0 Å². The predicted molar refractivity (Wildman–Crippen MR) is 133 cm³/mol. The molecular weight excluding hydrogens is 386 g/mol. The maximum absolute atomic E-state index is 5.49. The molecule has 0 N–H and O–H groups in total. The highest BCUT2D eigenvalue weighted by Gasteiger charge is 2.41. The summed E-state index contributed by atoms with van der Waals surface area (Å²) in [6.45, 7) is 16.2. The van der Waals surface area contributed by atoms with Crippen molar-refractivity contribution in [1.29, 1.82) is 0 Å². The summed E-state index contributed by atoms with van der Waals surface area (Å²) < 4.78 is 11.0. The van der Waals surface area contributed by atoms with Crippen LogP contribution in [0.4, 0.5) is 0 Å². The first-order chi connectivity index (χ1) is 14.3. The van der Waals surface area contributed by atoms with Crippen LogP contribution in [0.3, 0.4) is 0 Å². The molecule has 0 radical (unpaired) electrons. The molecule has 2 aliphatic carbocycles. The van der Waals surface area contributed by atoms with Gasteiger partial charge in [-0.15, -0.1) is 0 Å². The summed E-state index contributed by atoms with van der Waals surface area (Å²) in [5.74, 6) is 5.19. The zero-order valence-electron chi connectivity index (χ0n) is 21.5. The molecule has 0 amide bonds. The number of rotatable bonds is 11. The largest absolute Gasteiger partial charge is 0.360 e. The monoisotopic (exact) mass is 439 g/mol. The molecule has 0 aromatic rings. The van der Waals surface area contributed by atoms with Crippen LogP contribution in [-0.2, 0) is 9.47 Å². The summed E-state index contributed by atoms with van der Waals surface area (Å²) in [7, 11) is 3.26. The molecule has 2 rings (SSSR count). The normalized spacial score (nSPS) is 33.6. The van der Waals surface area contributed by atoms with Crippen molar-refractivity contribution in [3.8, 4) is 0 Å². The van der Waals surface area contributed by atoms with Crippen molar-refractivity contribution >= 4 is 9.52 Å². The topological polar surface area (TPSA) is 21.7 Å². The maximum Gasteiger partial charge on any atom is 0.134 e. The van der Waals surface area contributed by atoms with Gasteiger partial charge in [-0.25, -0.2) is 0 Å². The maximum atomic E-state index is 5.49. The molecule has 2 aliphatic rings. The van der Waals surface area contributed by atoms with Crippen molar-refractivity contribution in [2.45, 2.75) is 111 Å². The van der Waals surface area contributed by atoms with Crippen LogP contribution in [-0.4, -0.2) is 53.2 Å². The van der Waals surface area contributed by atoms with Gasteiger partial charge in [-0.1, -0.05) is 60.4 Å². The number of nitrogens with zero attached hydrogens (tertiary/aromatic N) is 1. The van der Waals surface area contributed by atoms with E-state index in [4.69, 9.17) is 9.47 Å². The number of hydrogen-bond acceptors (Lipinski definition) is 3. The van der Waals surface area contributed by atoms with Crippen LogP contribution < -0.4 is 0 Å². The average molecular weight is 440 g/mol. The van der Waals surface area contributed by atoms with Gasteiger partial charge in [-0.2, -0.15) is 0 Å². The number of methoxy groups -OCH3 is 2. The van der Waals surface area contributed by atoms with Gasteiger partial charge in [0.25, 0.3) is 0 Å². The lowest BCUT2D eigenvalue weighted by Crippen LogP contribution is -2.55. The van der Waals surface area contributed by atoms with Gasteiger partial charge >= 0.3 is 0 Å². The quantitative estimate of drug-likeness (QED) is 0.232. The Morgan fingerprint density at radius 1 is 0.800 bits per heavy atom. The van der Waals surface area contributed by atoms with Crippen LogP contribution in [0.15, 0.2) is 0 Å². The average Bonchev–Trinajstić information content (AvgIpc) is 2.70. The van der Waals surface area contributed by atoms with Crippen LogP contribution in [0, 0.1) is 35.5 Å². The lowest BCUT2D eigenvalue weighted by Gasteiger charge is -2.52. The van der Waals surface area contributed by atoms with E-state index in [0.29, 0.717) is 0 Å². The lowest BCUT2D eigenvalue weighted by molar-refractivity contribution is -0.0444. The van der Waals surface area contributed by atoms with E-state index in [2.05, 4.69) is 46.4 Å². The van der Waals surface area contributed by atoms with Gasteiger partial charge in [0.2, 0.25) is 0 Å². The molecule has 0 aliphatic heterocycles. The third-order valence-electron chi connectivity index (χ3n) is 8.46. The first-order valence-corrected chi connectivity index (χ1v) is 14.9. The Morgan fingerprint density at radius 3 is 1.67 bits per heavy atom. The molecule has 30 heavy (non-hydrogen) atoms. The second-order valence-corrected chi connectivity index (χ2v) is 13.4. The molecule has 0 aromatic carbocycles. The van der Waals surface area contributed by atoms with Gasteiger partial charge in [0.05, 0.1) is 9.52 Å². The standard InChI is InChI=1S/C26H53NO2Si/c1-18(2)22-12-10-20(5)16-24(22)27(14-9-15-30-26(28-7)29-8)25-17-21(6)11-13-23(25)19(3)4/h18-26H,9-17,30H2,1-8H3. The molecule has 6 unspecified atom stereocenters. The molecular formula is C26H53NO2Si. The highest BCUT2D eigenvalue weighted by molar-refractivity contribution is 6.36. The molecule has 0 saturated heterocycles. The van der Waals surface area contributed by atoms with Gasteiger partial charge in [-0.05, 0) is 74.2 Å². The third kappa shape index (κ3) is 7.32. The van der Waals surface area contributed by atoms with E-state index in [-0.39, 0.29) is 15.4 Å². The molecule has 0 aromatic heterocycles. The Balaban J connectivity index is 2.19. The summed E-state index contributed by atoms with van der Waals surface area (Å²) in [6, 6.07) is 2.90. The first kappa shape index (κ1) is 26.4. The smallest absolute Gasteiger partial charge is 0.134 e. The van der Waals surface area contributed by atoms with Crippen molar-refractivity contribution in [1.82, 2.24) is 4.90 Å². The molecule has 0 bridgehead atoms. The van der Waals surface area contributed by atoms with E-state index in [1.54, 1.807) is 14.2 Å². The third-order valence-corrected chi connectivity index (χ3v) is 10.5. The number of ether oxygens (including phenoxy) is 2. The van der Waals surface area contributed by atoms with Crippen molar-refractivity contribution in [2.24, 2.45) is 35.5 Å². The van der Waals surface area contributed by atoms with E-state index >= 15 is 0 Å². The fourth-order valence-electron chi connectivity index (χ4n) is 6.58. The van der Waals surface area contributed by atoms with Crippen LogP contribution >= 0.6 is 0 Å². The molecule has 4 heteroatoms. The van der Waals surface area contributed by atoms with Crippen molar-refractivity contribution < 1.29 is 9.47 Å². The van der Waals surface area contributed by atoms with E-state index < -0.39 is 0 Å². The Kier molecular flexibility index (Phi) is 11.4. The molecule has 6 atom stereocenters. The van der Waals surface area contributed by atoms with Crippen LogP contribution in [0.5, 0.6) is 0 Å². The summed E-state index contributed by atoms with van der Waals surface area (Å²) in [6.07, 6.45) is 9.86. The highest BCUT2D eigenvalue weighted by Crippen LogP contribution is 2.43. The minimum Gasteiger partial charge on any atom is -0.360 e. The Labute approximate surface area is 190 Å². The molecule has 0 heterocycles. The van der Waals surface area contributed by atoms with Gasteiger partial charge in [-0.3, -0.25) is 4.90 Å². The Hall–Kier alpha value is 0.0969. The minimum absolute atomic E-state index is 0.0923. The van der Waals surface area contributed by atoms with E-state index in [0.717, 1.165) is 47.6 Å². The summed E-state index contributed by atoms with van der Waals surface area (Å²) in [5.41, 5.74) is 0. The molecule has 3 nitrogen and oxygen atoms in total. The van der Waals surface area contributed by atoms with Crippen LogP contribution in [0.2, 0.25) is 6.04 Å². The SMILES string of the molecule is COC(OC)[SiH2]CCCN(C1CC(C)CCC1C(C)C)C1CC(C)CCC1C(C)C. The summed E-state index contributed by atoms with van der Waals surface area (Å²) in [4.78, 5) is 3.07. The number of hydrogen-bond donors (Lipinski definition) is 0. The molecule has 0 spiro atoms. The molecule has 178 valence electrons. The van der Waals surface area contributed by atoms with E-state index in [9.17, 15) is 0 Å². The van der Waals surface area contributed by atoms with Gasteiger partial charge in [0.15, 0.2) is 0 Å². The summed E-state index contributed by atoms with van der Waals surface area (Å²) >= 11 is 0. The van der Waals surface area contributed by atoms with Gasteiger partial charge < -0.3 is 9.47 Å². The molecule has 2 fully saturated rings.